The summed E-state index contributed by atoms with van der Waals surface area (Å²) in [6.07, 6.45) is 2.44. The van der Waals surface area contributed by atoms with Crippen molar-refractivity contribution in [1.82, 2.24) is 30.2 Å². The van der Waals surface area contributed by atoms with Gasteiger partial charge >= 0.3 is 23.9 Å². The molecule has 8 bridgehead atoms. The maximum absolute atomic E-state index is 15.0. The van der Waals surface area contributed by atoms with Crippen LogP contribution in [0.5, 0.6) is 80.5 Å². The number of benzene rings is 6. The number of aliphatic hydroxyl groups is 1. The molecule has 4 unspecified atom stereocenters. The van der Waals surface area contributed by atoms with Crippen molar-refractivity contribution in [2.24, 2.45) is 0 Å². The maximum Gasteiger partial charge on any atom is 0.331 e. The number of hydrogen-bond acceptors (Lipinski definition) is 30. The second-order valence-corrected chi connectivity index (χ2v) is 33.8. The molecule has 6 aromatic rings. The van der Waals surface area contributed by atoms with E-state index in [0.29, 0.717) is 140 Å². The van der Waals surface area contributed by atoms with Gasteiger partial charge in [-0.15, -0.1) is 23.5 Å². The number of ether oxygens (including phenoxy) is 12. The molecule has 14 aliphatic heterocycles. The lowest BCUT2D eigenvalue weighted by Gasteiger charge is -2.62. The van der Waals surface area contributed by atoms with E-state index in [1.54, 1.807) is 24.3 Å². The molecule has 16 atom stereocenters. The predicted octanol–water partition coefficient (Wildman–Crippen LogP) is 8.96. The van der Waals surface area contributed by atoms with Crippen LogP contribution in [0.2, 0.25) is 0 Å². The van der Waals surface area contributed by atoms with Crippen LogP contribution < -0.4 is 58.0 Å². The highest BCUT2D eigenvalue weighted by Crippen LogP contribution is 2.68. The average Bonchev–Trinajstić information content (AvgIpc) is 1.26. The highest BCUT2D eigenvalue weighted by atomic mass is 32.2. The number of phenols is 4. The summed E-state index contributed by atoms with van der Waals surface area (Å²) < 4.78 is 72.5. The number of fused-ring (bicyclic) bond motifs is 18. The van der Waals surface area contributed by atoms with Crippen LogP contribution >= 0.6 is 23.5 Å². The summed E-state index contributed by atoms with van der Waals surface area (Å²) in [5.74, 6) is 1.96. The van der Waals surface area contributed by atoms with E-state index in [1.807, 2.05) is 72.7 Å². The summed E-state index contributed by atoms with van der Waals surface area (Å²) in [4.78, 5) is 64.4. The van der Waals surface area contributed by atoms with Crippen LogP contribution in [0.3, 0.4) is 0 Å². The zero-order chi connectivity index (χ0) is 79.8. The van der Waals surface area contributed by atoms with Gasteiger partial charge in [-0.05, 0) is 149 Å². The van der Waals surface area contributed by atoms with E-state index in [4.69, 9.17) is 56.8 Å². The smallest absolute Gasteiger partial charge is 0.331 e. The van der Waals surface area contributed by atoms with Crippen LogP contribution in [0.15, 0.2) is 36.4 Å². The monoisotopic (exact) mass is 1590 g/mol. The van der Waals surface area contributed by atoms with E-state index in [1.165, 1.54) is 65.8 Å². The first kappa shape index (κ1) is 76.3. The number of phenolic OH excluding ortho intramolecular Hbond substituents is 4. The van der Waals surface area contributed by atoms with Crippen LogP contribution in [0, 0.1) is 39.0 Å². The Bertz CT molecular complexity index is 5080. The van der Waals surface area contributed by atoms with Crippen LogP contribution in [0.25, 0.3) is 0 Å². The molecule has 0 saturated carbocycles. The van der Waals surface area contributed by atoms with Gasteiger partial charge in [0.25, 0.3) is 0 Å². The highest BCUT2D eigenvalue weighted by Gasteiger charge is 2.65. The molecule has 113 heavy (non-hydrogen) atoms. The molecule has 2 spiro atoms. The molecule has 0 radical (unpaired) electrons. The minimum atomic E-state index is -1.39. The lowest BCUT2D eigenvalue weighted by atomic mass is 9.71. The van der Waals surface area contributed by atoms with E-state index in [9.17, 15) is 45.2 Å². The Morgan fingerprint density at radius 3 is 1.38 bits per heavy atom. The number of carbonyl (C=O) groups is 4. The Hall–Kier alpha value is -9.29. The largest absolute Gasteiger partial charge is 0.504 e. The van der Waals surface area contributed by atoms with Crippen molar-refractivity contribution < 1.29 is 102 Å². The first-order valence-corrected chi connectivity index (χ1v) is 40.4. The Morgan fingerprint density at radius 2 is 0.965 bits per heavy atom. The minimum Gasteiger partial charge on any atom is -0.504 e. The molecule has 7 N–H and O–H groups in total. The topological polar surface area (TPSA) is 341 Å². The number of aliphatic hydroxyl groups excluding tert-OH is 1. The van der Waals surface area contributed by atoms with Gasteiger partial charge in [0, 0.05) is 100 Å². The summed E-state index contributed by atoms with van der Waals surface area (Å²) in [6.45, 7) is 13.8. The number of esters is 4. The molecule has 4 fully saturated rings. The molecule has 4 saturated heterocycles. The van der Waals surface area contributed by atoms with Gasteiger partial charge in [-0.3, -0.25) is 39.8 Å². The normalized spacial score (nSPS) is 29.9. The number of likely N-dealkylation sites (N-methyl/N-ethyl adjacent to an activating group) is 2. The fraction of sp³-hybridized carbons (Fsp3) is 0.506. The number of hydrogen-bond donors (Lipinski definition) is 7. The molecule has 28 nitrogen and oxygen atoms in total. The first-order chi connectivity index (χ1) is 54.2. The number of methoxy groups -OCH3 is 4. The van der Waals surface area contributed by atoms with E-state index < -0.39 is 100 Å². The second-order valence-electron chi connectivity index (χ2n) is 31.6. The third-order valence-corrected chi connectivity index (χ3v) is 28.8. The zero-order valence-corrected chi connectivity index (χ0v) is 67.0. The van der Waals surface area contributed by atoms with Gasteiger partial charge in [0.05, 0.1) is 75.2 Å². The summed E-state index contributed by atoms with van der Waals surface area (Å²) in [5.41, 5.74) is 8.78. The van der Waals surface area contributed by atoms with Crippen LogP contribution in [-0.4, -0.2) is 198 Å². The Labute approximate surface area is 662 Å². The third kappa shape index (κ3) is 11.2. The van der Waals surface area contributed by atoms with E-state index >= 15 is 4.79 Å². The lowest BCUT2D eigenvalue weighted by Crippen LogP contribution is -2.70. The molecule has 0 aromatic heterocycles. The molecule has 6 aromatic carbocycles. The molecule has 20 rings (SSSR count). The molecule has 14 heterocycles. The Morgan fingerprint density at radius 1 is 0.549 bits per heavy atom. The van der Waals surface area contributed by atoms with Crippen LogP contribution in [0.4, 0.5) is 0 Å². The molecule has 0 aliphatic carbocycles. The van der Waals surface area contributed by atoms with Gasteiger partial charge in [0.15, 0.2) is 80.1 Å². The Kier molecular flexibility index (Phi) is 19.1. The minimum absolute atomic E-state index is 0.0181. The summed E-state index contributed by atoms with van der Waals surface area (Å²) in [7, 11) is 9.98. The summed E-state index contributed by atoms with van der Waals surface area (Å²) >= 11 is 2.97. The molecule has 14 aliphatic rings. The molecule has 30 heteroatoms. The molecular formula is C83H93N7O21S2. The van der Waals surface area contributed by atoms with E-state index in [2.05, 4.69) is 31.4 Å². The molecule has 598 valence electrons. The highest BCUT2D eigenvalue weighted by molar-refractivity contribution is 7.99. The zero-order valence-electron chi connectivity index (χ0n) is 65.4. The quantitative estimate of drug-likeness (QED) is 0.0552. The van der Waals surface area contributed by atoms with Crippen molar-refractivity contribution in [3.8, 4) is 86.6 Å². The van der Waals surface area contributed by atoms with Crippen molar-refractivity contribution in [3.05, 3.63) is 125 Å². The maximum atomic E-state index is 15.0. The van der Waals surface area contributed by atoms with Gasteiger partial charge in [-0.1, -0.05) is 26.0 Å². The number of thioether (sulfide) groups is 2. The SMILES string of the molecule is CCC1Cc2cc(O)c(OC)cc2[C@@]2(CS[C@@H]3c4c(OC(C)=O)c(C)c5c(c4[C@H](COC2=O)N2C3[C@H]3c4c(cc(C)c(OC)c4O)C[C@@H]([C@@H]2C#N)N3C)OCO5)N1.CCC1Cc2cc(O)c(OC)cc2[C@@]2(CS[C@@H]3c4c(OC(C)=O)c(C)c5c(c4[C@H](COC2=O)N2C3[C@H]3c4c(cc(C)c(OC)c4O)C[C@@H]([C@@H]2O)N3C)OCO5)N1. The van der Waals surface area contributed by atoms with Gasteiger partial charge < -0.3 is 82.4 Å². The third-order valence-electron chi connectivity index (χ3n) is 25.9. The second kappa shape index (κ2) is 28.3. The van der Waals surface area contributed by atoms with Gasteiger partial charge in [-0.25, -0.2) is 9.59 Å². The van der Waals surface area contributed by atoms with Crippen LogP contribution in [0.1, 0.15) is 164 Å². The van der Waals surface area contributed by atoms with Gasteiger partial charge in [0.1, 0.15) is 37.0 Å². The number of nitrogens with one attached hydrogen (secondary N) is 2. The number of piperazine rings is 2. The molecule has 0 amide bonds. The van der Waals surface area contributed by atoms with Crippen molar-refractivity contribution in [3.63, 3.8) is 0 Å². The number of aryl methyl sites for hydroxylation is 2. The Balaban J connectivity index is 0.000000164. The molecular weight excluding hydrogens is 1500 g/mol. The number of rotatable bonds is 8. The standard InChI is InChI=1S/C42H46N4O10S.C41H47N3O11S/c1-8-23-10-21-12-28(48)29(51-6)13-24(21)42(44-23)16-57-40-32-31(39-38(54-17-55-39)19(3)37(32)56-20(4)47)27(15-53-41(42)50)46-26(14-43)25-11-22-9-18(2)36(52-7)35(49)30(22)33(34(40)46)45(25)5;1-8-22-10-20-12-26(46)27(50-6)13-23(20)41(42-22)15-56-38-30-29(37-36(53-16-54-37)18(3)35(30)55-19(4)45)25(14-52-40(41)49)44-32(38)31-28-21(11-24(39(44)48)43(31)5)9-17(2)34(51-7)33(28)47/h9,12-13,23,25-27,33-34,40,44,48-49H,8,10-11,15-17H2,1-7H3;9,12-13,22,24-25,31-32,38-39,42,46-48H,8,10-11,14-16H2,1-7H3/t23?,25-,26-,27-,33+,34?,40+,42+;22?,24-,25-,31+,32?,38+,39-,41+/m00/s1. The average molecular weight is 1590 g/mol. The van der Waals surface area contributed by atoms with Crippen LogP contribution in [-0.2, 0) is 65.4 Å². The van der Waals surface area contributed by atoms with Crippen molar-refractivity contribution in [2.75, 3.05) is 80.8 Å². The fourth-order valence-corrected chi connectivity index (χ4v) is 24.4. The van der Waals surface area contributed by atoms with E-state index in [0.717, 1.165) is 33.4 Å². The predicted molar refractivity (Wildman–Crippen MR) is 411 cm³/mol. The summed E-state index contributed by atoms with van der Waals surface area (Å²) in [6, 6.07) is 8.23. The number of aromatic hydroxyl groups is 4. The van der Waals surface area contributed by atoms with Crippen molar-refractivity contribution >= 4 is 47.4 Å². The van der Waals surface area contributed by atoms with Crippen molar-refractivity contribution in [2.45, 2.75) is 188 Å². The summed E-state index contributed by atoms with van der Waals surface area (Å²) in [5, 5.41) is 76.0. The van der Waals surface area contributed by atoms with Crippen molar-refractivity contribution in [1.29, 1.82) is 5.26 Å². The first-order valence-electron chi connectivity index (χ1n) is 38.3. The van der Waals surface area contributed by atoms with Gasteiger partial charge in [0.2, 0.25) is 13.6 Å². The lowest BCUT2D eigenvalue weighted by molar-refractivity contribution is -0.186. The fourth-order valence-electron chi connectivity index (χ4n) is 21.0. The number of nitriles is 1. The number of nitrogens with zero attached hydrogens (tertiary/aromatic N) is 5. The van der Waals surface area contributed by atoms with E-state index in [-0.39, 0.29) is 90.9 Å². The number of carbonyl (C=O) groups excluding carboxylic acids is 4. The van der Waals surface area contributed by atoms with Gasteiger partial charge in [-0.2, -0.15) is 5.26 Å².